The number of carbonyl (C=O) groups is 2. The Kier molecular flexibility index (Phi) is 33.9. The molecular weight excluding hydrogens is 853 g/mol. The zero-order valence-electron chi connectivity index (χ0n) is 39.6. The lowest BCUT2D eigenvalue weighted by Crippen LogP contribution is -2.61. The van der Waals surface area contributed by atoms with Gasteiger partial charge in [-0.2, -0.15) is 0 Å². The first kappa shape index (κ1) is 59.1. The van der Waals surface area contributed by atoms with Gasteiger partial charge in [0.25, 0.3) is 0 Å². The highest BCUT2D eigenvalue weighted by atomic mass is 16.7. The van der Waals surface area contributed by atoms with Gasteiger partial charge in [-0.1, -0.05) is 151 Å². The summed E-state index contributed by atoms with van der Waals surface area (Å²) in [6, 6.07) is 0. The van der Waals surface area contributed by atoms with E-state index in [1.807, 2.05) is 24.3 Å². The van der Waals surface area contributed by atoms with E-state index in [0.29, 0.717) is 12.8 Å². The summed E-state index contributed by atoms with van der Waals surface area (Å²) in [5.41, 5.74) is 0. The highest BCUT2D eigenvalue weighted by molar-refractivity contribution is 5.72. The highest BCUT2D eigenvalue weighted by Gasteiger charge is 2.47. The zero-order chi connectivity index (χ0) is 48.2. The molecule has 15 nitrogen and oxygen atoms in total. The molecule has 15 heteroatoms. The molecule has 0 bridgehead atoms. The summed E-state index contributed by atoms with van der Waals surface area (Å²) in [5, 5.41) is 71.9. The van der Waals surface area contributed by atoms with E-state index in [4.69, 9.17) is 28.4 Å². The third-order valence-corrected chi connectivity index (χ3v) is 11.2. The van der Waals surface area contributed by atoms with Crippen molar-refractivity contribution in [2.45, 2.75) is 210 Å². The third-order valence-electron chi connectivity index (χ3n) is 11.2. The van der Waals surface area contributed by atoms with Crippen LogP contribution in [0, 0.1) is 0 Å². The molecule has 0 aliphatic carbocycles. The van der Waals surface area contributed by atoms with Crippen LogP contribution in [-0.4, -0.2) is 142 Å². The van der Waals surface area contributed by atoms with Crippen LogP contribution in [0.1, 0.15) is 142 Å². The fraction of sp³-hybridized carbons (Fsp3) is 0.725. The molecule has 66 heavy (non-hydrogen) atoms. The summed E-state index contributed by atoms with van der Waals surface area (Å²) in [7, 11) is 0. The number of hydrogen-bond donors (Lipinski definition) is 7. The van der Waals surface area contributed by atoms with Gasteiger partial charge in [0.1, 0.15) is 55.4 Å². The van der Waals surface area contributed by atoms with Gasteiger partial charge in [0, 0.05) is 0 Å². The van der Waals surface area contributed by atoms with E-state index in [0.717, 1.165) is 25.7 Å². The van der Waals surface area contributed by atoms with Crippen LogP contribution in [0.15, 0.2) is 72.9 Å². The minimum absolute atomic E-state index is 0.0245. The lowest BCUT2D eigenvalue weighted by Gasteiger charge is -2.42. The monoisotopic (exact) mass is 937 g/mol. The quantitative estimate of drug-likeness (QED) is 0.0209. The maximum Gasteiger partial charge on any atom is 0.310 e. The van der Waals surface area contributed by atoms with Crippen LogP contribution in [0.2, 0.25) is 0 Å². The Morgan fingerprint density at radius 2 is 0.909 bits per heavy atom. The van der Waals surface area contributed by atoms with Crippen LogP contribution < -0.4 is 0 Å². The molecule has 2 aliphatic heterocycles. The van der Waals surface area contributed by atoms with Gasteiger partial charge in [-0.05, 0) is 51.4 Å². The lowest BCUT2D eigenvalue weighted by atomic mass is 9.98. The van der Waals surface area contributed by atoms with Crippen LogP contribution in [0.5, 0.6) is 0 Å². The molecule has 4 unspecified atom stereocenters. The van der Waals surface area contributed by atoms with Crippen molar-refractivity contribution in [3.8, 4) is 0 Å². The van der Waals surface area contributed by atoms with Crippen molar-refractivity contribution >= 4 is 11.9 Å². The molecule has 2 aliphatic rings. The van der Waals surface area contributed by atoms with Crippen molar-refractivity contribution in [1.29, 1.82) is 0 Å². The van der Waals surface area contributed by atoms with Crippen molar-refractivity contribution in [3.63, 3.8) is 0 Å². The van der Waals surface area contributed by atoms with E-state index in [-0.39, 0.29) is 19.4 Å². The van der Waals surface area contributed by atoms with Crippen molar-refractivity contribution in [1.82, 2.24) is 0 Å². The van der Waals surface area contributed by atoms with Crippen molar-refractivity contribution in [2.24, 2.45) is 0 Å². The first-order valence-corrected chi connectivity index (χ1v) is 24.5. The Bertz CT molecular complexity index is 1430. The van der Waals surface area contributed by atoms with Crippen LogP contribution >= 0.6 is 0 Å². The number of ether oxygens (including phenoxy) is 6. The number of rotatable bonds is 36. The highest BCUT2D eigenvalue weighted by Crippen LogP contribution is 2.26. The van der Waals surface area contributed by atoms with Gasteiger partial charge in [-0.15, -0.1) is 0 Å². The summed E-state index contributed by atoms with van der Waals surface area (Å²) in [6.45, 7) is 2.36. The van der Waals surface area contributed by atoms with E-state index < -0.39 is 99.3 Å². The number of carbonyl (C=O) groups excluding carboxylic acids is 2. The topological polar surface area (TPSA) is 231 Å². The van der Waals surface area contributed by atoms with Gasteiger partial charge in [-0.3, -0.25) is 9.59 Å². The predicted molar refractivity (Wildman–Crippen MR) is 252 cm³/mol. The van der Waals surface area contributed by atoms with Gasteiger partial charge in [0.15, 0.2) is 18.7 Å². The van der Waals surface area contributed by atoms with Crippen molar-refractivity contribution in [3.05, 3.63) is 72.9 Å². The number of unbranched alkanes of at least 4 members (excludes halogenated alkanes) is 12. The standard InChI is InChI=1S/C51H84O15/c1-3-5-7-9-11-13-15-17-19-21-23-25-27-29-31-33-42(53)61-36-39(64-43(54)34-32-30-28-26-24-22-20-18-16-14-12-10-8-6-4-2)37-62-50-49(60)47(58)45(56)41(66-50)38-63-51-48(59)46(57)44(55)40(35-52)65-51/h17-20,23-26,29-32,39-41,44-52,55-60H,3-16,21-22,27-28,33-38H2,1-2H3/t39-,40-,41-,44+,45+,46?,47?,48?,49?,50-,51+/m1/s1. The number of hydrogen-bond acceptors (Lipinski definition) is 15. The second-order valence-electron chi connectivity index (χ2n) is 17.0. The number of aliphatic hydroxyl groups excluding tert-OH is 7. The van der Waals surface area contributed by atoms with Gasteiger partial charge in [0.05, 0.1) is 32.7 Å². The predicted octanol–water partition coefficient (Wildman–Crippen LogP) is 6.26. The van der Waals surface area contributed by atoms with Gasteiger partial charge < -0.3 is 64.2 Å². The minimum Gasteiger partial charge on any atom is -0.461 e. The number of esters is 2. The molecule has 11 atom stereocenters. The Hall–Kier alpha value is -3.06. The molecule has 0 amide bonds. The first-order chi connectivity index (χ1) is 32.0. The summed E-state index contributed by atoms with van der Waals surface area (Å²) in [5.74, 6) is -1.21. The molecule has 378 valence electrons. The van der Waals surface area contributed by atoms with E-state index >= 15 is 0 Å². The average molecular weight is 937 g/mol. The lowest BCUT2D eigenvalue weighted by molar-refractivity contribution is -0.332. The van der Waals surface area contributed by atoms with E-state index in [1.54, 1.807) is 12.2 Å². The van der Waals surface area contributed by atoms with Crippen LogP contribution in [-0.2, 0) is 38.0 Å². The van der Waals surface area contributed by atoms with Gasteiger partial charge in [-0.25, -0.2) is 0 Å². The maximum absolute atomic E-state index is 12.9. The van der Waals surface area contributed by atoms with Crippen LogP contribution in [0.25, 0.3) is 0 Å². The molecular formula is C51H84O15. The van der Waals surface area contributed by atoms with Crippen LogP contribution in [0.4, 0.5) is 0 Å². The number of aliphatic hydroxyl groups is 7. The third kappa shape index (κ3) is 25.9. The molecule has 2 fully saturated rings. The Morgan fingerprint density at radius 1 is 0.485 bits per heavy atom. The second-order valence-corrected chi connectivity index (χ2v) is 17.0. The molecule has 2 rings (SSSR count). The van der Waals surface area contributed by atoms with E-state index in [9.17, 15) is 45.3 Å². The Morgan fingerprint density at radius 3 is 1.42 bits per heavy atom. The second kappa shape index (κ2) is 37.9. The fourth-order valence-electron chi connectivity index (χ4n) is 7.15. The normalized spacial score (nSPS) is 26.8. The molecule has 2 heterocycles. The minimum atomic E-state index is -1.79. The summed E-state index contributed by atoms with van der Waals surface area (Å²) >= 11 is 0. The summed E-state index contributed by atoms with van der Waals surface area (Å²) < 4.78 is 33.2. The van der Waals surface area contributed by atoms with Crippen molar-refractivity contribution in [2.75, 3.05) is 26.4 Å². The molecule has 7 N–H and O–H groups in total. The molecule has 0 aromatic rings. The molecule has 0 saturated carbocycles. The summed E-state index contributed by atoms with van der Waals surface area (Å²) in [6.07, 6.45) is 27.1. The maximum atomic E-state index is 12.9. The molecule has 0 spiro atoms. The van der Waals surface area contributed by atoms with Gasteiger partial charge >= 0.3 is 11.9 Å². The summed E-state index contributed by atoms with van der Waals surface area (Å²) in [4.78, 5) is 25.6. The Balaban J connectivity index is 1.91. The SMILES string of the molecule is CCCCCCCCC=CCC=CCC=CCC(=O)OC[C@H](CO[C@@H]1O[C@H](CO[C@H]2O[C@H](CO)[C@H](O)C(O)C2O)[C@H](O)C(O)C1O)OC(=O)CC=CCC=CCC=CCCCCCCCC. The Labute approximate surface area is 393 Å². The smallest absolute Gasteiger partial charge is 0.310 e. The largest absolute Gasteiger partial charge is 0.461 e. The molecule has 0 aromatic carbocycles. The number of allylic oxidation sites excluding steroid dienone is 10. The molecule has 0 radical (unpaired) electrons. The molecule has 2 saturated heterocycles. The average Bonchev–Trinajstić information content (AvgIpc) is 3.31. The van der Waals surface area contributed by atoms with Crippen molar-refractivity contribution < 1.29 is 73.8 Å². The fourth-order valence-corrected chi connectivity index (χ4v) is 7.15. The first-order valence-electron chi connectivity index (χ1n) is 24.5. The van der Waals surface area contributed by atoms with E-state index in [1.165, 1.54) is 77.0 Å². The van der Waals surface area contributed by atoms with Crippen LogP contribution in [0.3, 0.4) is 0 Å². The van der Waals surface area contributed by atoms with E-state index in [2.05, 4.69) is 50.3 Å². The molecule has 0 aromatic heterocycles. The van der Waals surface area contributed by atoms with Gasteiger partial charge in [0.2, 0.25) is 0 Å². The zero-order valence-corrected chi connectivity index (χ0v) is 39.6.